The van der Waals surface area contributed by atoms with Gasteiger partial charge in [0.25, 0.3) is 5.91 Å². The van der Waals surface area contributed by atoms with E-state index in [0.717, 1.165) is 17.0 Å². The highest BCUT2D eigenvalue weighted by Crippen LogP contribution is 2.17. The second kappa shape index (κ2) is 9.86. The van der Waals surface area contributed by atoms with Crippen molar-refractivity contribution >= 4 is 21.6 Å². The van der Waals surface area contributed by atoms with E-state index >= 15 is 0 Å². The minimum atomic E-state index is -3.69. The lowest BCUT2D eigenvalue weighted by Crippen LogP contribution is -2.33. The van der Waals surface area contributed by atoms with E-state index in [-0.39, 0.29) is 10.7 Å². The molecule has 0 saturated carbocycles. The Kier molecular flexibility index (Phi) is 6.99. The van der Waals surface area contributed by atoms with Gasteiger partial charge in [0, 0.05) is 11.4 Å². The Hall–Kier alpha value is -3.72. The van der Waals surface area contributed by atoms with Crippen LogP contribution in [0.1, 0.15) is 22.5 Å². The number of amides is 1. The molecule has 1 heterocycles. The number of nitrogens with one attached hydrogen (secondary N) is 1. The average Bonchev–Trinajstić information content (AvgIpc) is 3.28. The molecule has 1 aromatic heterocycles. The third kappa shape index (κ3) is 6.13. The first-order valence-electron chi connectivity index (χ1n) is 9.42. The van der Waals surface area contributed by atoms with Crippen molar-refractivity contribution in [1.29, 1.82) is 0 Å². The maximum Gasteiger partial charge on any atom is 0.433 e. The Bertz CT molecular complexity index is 1170. The van der Waals surface area contributed by atoms with Gasteiger partial charge in [0.2, 0.25) is 0 Å². The van der Waals surface area contributed by atoms with Gasteiger partial charge in [-0.15, -0.1) is 0 Å². The van der Waals surface area contributed by atoms with Crippen LogP contribution in [0.15, 0.2) is 93.6 Å². The van der Waals surface area contributed by atoms with Gasteiger partial charge in [-0.2, -0.15) is 0 Å². The lowest BCUT2D eigenvalue weighted by atomic mass is 10.1. The Labute approximate surface area is 179 Å². The number of sulfone groups is 1. The number of benzene rings is 2. The zero-order chi connectivity index (χ0) is 22.3. The van der Waals surface area contributed by atoms with Gasteiger partial charge in [0.05, 0.1) is 11.0 Å². The molecule has 0 spiro atoms. The highest BCUT2D eigenvalue weighted by Gasteiger charge is 2.20. The van der Waals surface area contributed by atoms with Crippen molar-refractivity contribution in [2.75, 3.05) is 0 Å². The lowest BCUT2D eigenvalue weighted by molar-refractivity contribution is -0.402. The number of furan rings is 1. The Balaban J connectivity index is 1.78. The molecule has 31 heavy (non-hydrogen) atoms. The number of hydrogen-bond donors (Lipinski definition) is 1. The number of hydrogen-bond acceptors (Lipinski definition) is 6. The molecule has 3 rings (SSSR count). The van der Waals surface area contributed by atoms with Crippen molar-refractivity contribution in [3.63, 3.8) is 0 Å². The molecule has 0 unspecified atom stereocenters. The molecule has 0 aliphatic rings. The van der Waals surface area contributed by atoms with E-state index in [2.05, 4.69) is 5.32 Å². The van der Waals surface area contributed by atoms with Gasteiger partial charge < -0.3 is 9.73 Å². The van der Waals surface area contributed by atoms with E-state index in [4.69, 9.17) is 4.42 Å². The van der Waals surface area contributed by atoms with Crippen LogP contribution in [0, 0.1) is 10.1 Å². The molecule has 0 bridgehead atoms. The number of nitrogens with zero attached hydrogens (tertiary/aromatic N) is 1. The van der Waals surface area contributed by atoms with Crippen molar-refractivity contribution in [2.45, 2.75) is 23.8 Å². The van der Waals surface area contributed by atoms with Crippen molar-refractivity contribution in [3.05, 3.63) is 106 Å². The van der Waals surface area contributed by atoms with E-state index in [1.54, 1.807) is 18.2 Å². The van der Waals surface area contributed by atoms with Crippen LogP contribution < -0.4 is 5.32 Å². The van der Waals surface area contributed by atoms with E-state index in [1.807, 2.05) is 30.3 Å². The topological polar surface area (TPSA) is 120 Å². The van der Waals surface area contributed by atoms with E-state index in [9.17, 15) is 23.3 Å². The summed E-state index contributed by atoms with van der Waals surface area (Å²) in [6.07, 6.45) is 2.40. The average molecular weight is 440 g/mol. The fourth-order valence-corrected chi connectivity index (χ4v) is 3.95. The van der Waals surface area contributed by atoms with Gasteiger partial charge in [-0.05, 0) is 36.6 Å². The van der Waals surface area contributed by atoms with Gasteiger partial charge in [0.15, 0.2) is 15.6 Å². The fraction of sp³-hybridized carbons (Fsp3) is 0.136. The van der Waals surface area contributed by atoms with E-state index < -0.39 is 32.6 Å². The first kappa shape index (κ1) is 22.0. The number of nitro groups is 1. The van der Waals surface area contributed by atoms with Crippen LogP contribution in [0.25, 0.3) is 0 Å². The van der Waals surface area contributed by atoms with Crippen molar-refractivity contribution < 1.29 is 22.6 Å². The number of rotatable bonds is 9. The molecular weight excluding hydrogens is 420 g/mol. The molecule has 3 aromatic rings. The zero-order valence-corrected chi connectivity index (χ0v) is 17.2. The molecule has 9 heteroatoms. The van der Waals surface area contributed by atoms with Gasteiger partial charge in [-0.3, -0.25) is 14.9 Å². The summed E-state index contributed by atoms with van der Waals surface area (Å²) in [7, 11) is -3.69. The third-order valence-electron chi connectivity index (χ3n) is 4.46. The molecule has 8 nitrogen and oxygen atoms in total. The maximum absolute atomic E-state index is 12.6. The number of carbonyl (C=O) groups excluding carboxylic acids is 1. The lowest BCUT2D eigenvalue weighted by Gasteiger charge is -2.14. The van der Waals surface area contributed by atoms with Gasteiger partial charge >= 0.3 is 5.88 Å². The first-order chi connectivity index (χ1) is 14.8. The second-order valence-corrected chi connectivity index (χ2v) is 8.52. The molecule has 0 radical (unpaired) electrons. The largest absolute Gasteiger partial charge is 0.433 e. The molecule has 0 aliphatic heterocycles. The molecular formula is C22H20N2O6S. The van der Waals surface area contributed by atoms with Crippen LogP contribution in [0.2, 0.25) is 0 Å². The monoisotopic (exact) mass is 440 g/mol. The van der Waals surface area contributed by atoms with E-state index in [0.29, 0.717) is 12.8 Å². The van der Waals surface area contributed by atoms with Crippen LogP contribution in [0.5, 0.6) is 0 Å². The summed E-state index contributed by atoms with van der Waals surface area (Å²) in [6, 6.07) is 19.1. The van der Waals surface area contributed by atoms with Gasteiger partial charge in [-0.1, -0.05) is 54.6 Å². The Morgan fingerprint density at radius 2 is 1.68 bits per heavy atom. The molecule has 2 aromatic carbocycles. The van der Waals surface area contributed by atoms with Crippen molar-refractivity contribution in [3.8, 4) is 0 Å². The van der Waals surface area contributed by atoms with Crippen molar-refractivity contribution in [2.24, 2.45) is 0 Å². The quantitative estimate of drug-likeness (QED) is 0.398. The summed E-state index contributed by atoms with van der Waals surface area (Å²) < 4.78 is 30.0. The SMILES string of the molecule is O=C(N[C@H](/C=C/S(=O)(=O)c1ccccc1)CCc1ccccc1)c1ccc([N+](=O)[O-])o1. The molecule has 1 N–H and O–H groups in total. The predicted molar refractivity (Wildman–Crippen MR) is 114 cm³/mol. The third-order valence-corrected chi connectivity index (χ3v) is 5.91. The predicted octanol–water partition coefficient (Wildman–Crippen LogP) is 3.91. The molecule has 1 amide bonds. The minimum absolute atomic E-state index is 0.140. The normalized spacial score (nSPS) is 12.5. The molecule has 0 fully saturated rings. The standard InChI is InChI=1S/C22H20N2O6S/c25-22(20-13-14-21(30-20)24(26)27)23-18(12-11-17-7-3-1-4-8-17)15-16-31(28,29)19-9-5-2-6-10-19/h1-10,13-16,18H,11-12H2,(H,23,25)/b16-15+/t18-/m0/s1. The highest BCUT2D eigenvalue weighted by molar-refractivity contribution is 7.94. The van der Waals surface area contributed by atoms with Crippen LogP contribution in [-0.4, -0.2) is 25.3 Å². The van der Waals surface area contributed by atoms with Crippen molar-refractivity contribution in [1.82, 2.24) is 5.32 Å². The first-order valence-corrected chi connectivity index (χ1v) is 11.0. The highest BCUT2D eigenvalue weighted by atomic mass is 32.2. The maximum atomic E-state index is 12.6. The summed E-state index contributed by atoms with van der Waals surface area (Å²) in [5.41, 5.74) is 1.02. The van der Waals surface area contributed by atoms with Gasteiger partial charge in [-0.25, -0.2) is 8.42 Å². The van der Waals surface area contributed by atoms with Crippen LogP contribution in [0.3, 0.4) is 0 Å². The summed E-state index contributed by atoms with van der Waals surface area (Å²) in [4.78, 5) is 22.7. The second-order valence-electron chi connectivity index (χ2n) is 6.69. The summed E-state index contributed by atoms with van der Waals surface area (Å²) in [5, 5.41) is 14.5. The zero-order valence-electron chi connectivity index (χ0n) is 16.4. The molecule has 1 atom stereocenters. The van der Waals surface area contributed by atoms with Crippen LogP contribution in [0.4, 0.5) is 5.88 Å². The summed E-state index contributed by atoms with van der Waals surface area (Å²) >= 11 is 0. The smallest absolute Gasteiger partial charge is 0.395 e. The Morgan fingerprint density at radius 1 is 1.03 bits per heavy atom. The van der Waals surface area contributed by atoms with E-state index in [1.165, 1.54) is 24.3 Å². The van der Waals surface area contributed by atoms with Crippen LogP contribution in [-0.2, 0) is 16.3 Å². The minimum Gasteiger partial charge on any atom is -0.395 e. The molecule has 160 valence electrons. The fourth-order valence-electron chi connectivity index (χ4n) is 2.86. The summed E-state index contributed by atoms with van der Waals surface area (Å²) in [6.45, 7) is 0. The van der Waals surface area contributed by atoms with Gasteiger partial charge in [0.1, 0.15) is 4.92 Å². The van der Waals surface area contributed by atoms with Crippen LogP contribution >= 0.6 is 0 Å². The Morgan fingerprint density at radius 3 is 2.29 bits per heavy atom. The molecule has 0 saturated heterocycles. The summed E-state index contributed by atoms with van der Waals surface area (Å²) in [5.74, 6) is -1.45. The number of carbonyl (C=O) groups is 1. The number of aryl methyl sites for hydroxylation is 1. The molecule has 0 aliphatic carbocycles.